The van der Waals surface area contributed by atoms with Crippen LogP contribution in [0.25, 0.3) is 65.4 Å². The number of halogens is 2. The average molecular weight is 2190 g/mol. The Labute approximate surface area is 887 Å². The highest BCUT2D eigenvalue weighted by molar-refractivity contribution is 9.10. The van der Waals surface area contributed by atoms with Crippen molar-refractivity contribution in [2.75, 3.05) is 53.7 Å². The molecule has 0 aliphatic heterocycles. The van der Waals surface area contributed by atoms with Crippen LogP contribution in [-0.4, -0.2) is 179 Å². The molecule has 0 saturated heterocycles. The monoisotopic (exact) mass is 2180 g/mol. The highest BCUT2D eigenvalue weighted by atomic mass is 79.9. The number of anilines is 2. The van der Waals surface area contributed by atoms with E-state index in [9.17, 15) is 33.6 Å². The number of amides is 1. The number of benzene rings is 5. The zero-order valence-corrected chi connectivity index (χ0v) is 90.0. The third-order valence-corrected chi connectivity index (χ3v) is 26.5. The van der Waals surface area contributed by atoms with E-state index < -0.39 is 11.9 Å². The summed E-state index contributed by atoms with van der Waals surface area (Å²) in [5, 5.41) is 17.8. The van der Waals surface area contributed by atoms with Crippen LogP contribution in [0.3, 0.4) is 0 Å². The molecule has 145 heavy (non-hydrogen) atoms. The number of esters is 4. The number of nitrogens with one attached hydrogen (secondary N) is 1. The van der Waals surface area contributed by atoms with E-state index >= 15 is 0 Å². The lowest BCUT2D eigenvalue weighted by molar-refractivity contribution is 0.0592. The predicted octanol–water partition coefficient (Wildman–Crippen LogP) is 22.4. The van der Waals surface area contributed by atoms with Crippen molar-refractivity contribution >= 4 is 153 Å². The van der Waals surface area contributed by atoms with Gasteiger partial charge in [-0.25, -0.2) is 24.2 Å². The number of aliphatic hydroxyl groups is 2. The largest absolute Gasteiger partial charge is 0.465 e. The molecule has 15 aromatic rings. The molecule has 15 rings (SSSR count). The molecule has 9 N–H and O–H groups in total. The Morgan fingerprint density at radius 1 is 0.379 bits per heavy atom. The number of hydrogen-bond donors (Lipinski definition) is 6. The molecule has 762 valence electrons. The van der Waals surface area contributed by atoms with Gasteiger partial charge in [0.1, 0.15) is 32.1 Å². The van der Waals surface area contributed by atoms with Gasteiger partial charge >= 0.3 is 23.9 Å². The number of ketones is 2. The Kier molecular flexibility index (Phi) is 54.3. The molecule has 1 amide bonds. The number of thiazole rings is 1. The van der Waals surface area contributed by atoms with Crippen molar-refractivity contribution < 1.29 is 62.7 Å². The Morgan fingerprint density at radius 3 is 1.04 bits per heavy atom. The minimum absolute atomic E-state index is 0. The van der Waals surface area contributed by atoms with Gasteiger partial charge in [-0.05, 0) is 206 Å². The smallest absolute Gasteiger partial charge is 0.337 e. The number of thiophene rings is 2. The van der Waals surface area contributed by atoms with Gasteiger partial charge in [0, 0.05) is 99.7 Å². The van der Waals surface area contributed by atoms with Crippen LogP contribution in [0.5, 0.6) is 0 Å². The Morgan fingerprint density at radius 2 is 0.717 bits per heavy atom. The first-order chi connectivity index (χ1) is 68.6. The summed E-state index contributed by atoms with van der Waals surface area (Å²) in [7, 11) is 7.42. The Bertz CT molecular complexity index is 6370. The lowest BCUT2D eigenvalue weighted by Gasteiger charge is -2.09. The number of aryl methyl sites for hydroxylation is 11. The SMILES string of the molecule is C.C.CCC(Br)C(=O)c1ccc(C(=O)OC)cc1.CCC(Br)C(=O)c1ccc(C(=O)OC)cc1.CCc1sc(-c2cnc(C)cn2)cc1-c1ccc(C(=O)OC)cc1.CCc1sc(-c2cnc(C)cn2)nc1-c1ccc(C(=O)OC)cc1.CCc1sc(-c2cnccn2)cc1-c1ccc(C(=O)Nc2cnc(C)cc2C)cc1.CO.CO.Cc1cc(C)c(N)cn1.Cc1cnc(C(N)=S)cn1.Cc1cnc(C(N)=S)cn1. The first-order valence-corrected chi connectivity index (χ1v) is 49.5. The predicted molar refractivity (Wildman–Crippen MR) is 596 cm³/mol. The zero-order chi connectivity index (χ0) is 106. The maximum atomic E-state index is 12.7. The number of aromatic nitrogens is 13. The number of Topliss-reactive ketones (excluding diaryl/α,β-unsaturated/α-hetero) is 2. The number of aliphatic hydroxyl groups excluding tert-OH is 2. The molecular weight excluding hydrogens is 2060 g/mol. The molecular formula is C108H123Br2N17O13S5. The van der Waals surface area contributed by atoms with Gasteiger partial charge in [-0.15, -0.1) is 34.0 Å². The maximum absolute atomic E-state index is 12.7. The summed E-state index contributed by atoms with van der Waals surface area (Å²) in [4.78, 5) is 143. The van der Waals surface area contributed by atoms with E-state index in [2.05, 4.69) is 164 Å². The lowest BCUT2D eigenvalue weighted by atomic mass is 10.0. The van der Waals surface area contributed by atoms with Gasteiger partial charge in [0.05, 0.1) is 165 Å². The highest BCUT2D eigenvalue weighted by Crippen LogP contribution is 2.40. The average Bonchev–Trinajstić information content (AvgIpc) is 1.67. The van der Waals surface area contributed by atoms with Crippen molar-refractivity contribution in [1.29, 1.82) is 0 Å². The number of hydrogen-bond acceptors (Lipinski definition) is 32. The number of carbonyl (C=O) groups is 7. The highest BCUT2D eigenvalue weighted by Gasteiger charge is 2.22. The summed E-state index contributed by atoms with van der Waals surface area (Å²) in [6.07, 6.45) is 26.3. The molecule has 0 saturated carbocycles. The first kappa shape index (κ1) is 123. The van der Waals surface area contributed by atoms with Crippen molar-refractivity contribution in [2.45, 2.75) is 147 Å². The van der Waals surface area contributed by atoms with Crippen LogP contribution in [0.15, 0.2) is 226 Å². The number of nitrogens with two attached hydrogens (primary N) is 3. The number of carbonyl (C=O) groups excluding carboxylic acids is 7. The van der Waals surface area contributed by atoms with Gasteiger partial charge in [-0.2, -0.15) is 0 Å². The normalized spacial score (nSPS) is 10.3. The molecule has 2 unspecified atom stereocenters. The van der Waals surface area contributed by atoms with Crippen molar-refractivity contribution in [1.82, 2.24) is 64.8 Å². The standard InChI is InChI=1S/C24H22N4OS.C19H18N2O2S.C18H17N3O2S.2C12H13BrO3.C7H10N2.2C6H7N3S.2CH4O.2CH4/c1-4-22-19(12-23(30-22)21-13-25-9-10-26-21)17-5-7-18(8-6-17)24(29)28-20-14-27-16(3)11-15(20)2;1-4-17-15(13-5-7-14(8-6-13)19(22)23-3)9-18(24-17)16-11-20-12(2)10-21-16;1-4-15-16(12-5-7-13(8-6-12)18(22)23-3)21-17(24-15)14-10-19-11(2)9-20-14;2*1-3-10(13)11(14)8-4-6-9(7-5-8)12(15)16-2;1-5-3-6(2)9-4-7(5)8;2*1-4-2-9-5(3-8-4)6(7)10;2*1-2;;/h5-14H,4H2,1-3H3,(H,28,29);5-11H,4H2,1-3H3;5-10H,4H2,1-3H3;2*4-7,10H,3H2,1-2H3;3-4H,8H2,1-2H3;2*2-3H,1H3,(H2,7,10);2*2H,1H3;2*1H4. The fourth-order valence-electron chi connectivity index (χ4n) is 12.4. The van der Waals surface area contributed by atoms with Crippen LogP contribution in [0.1, 0.15) is 206 Å². The molecule has 0 radical (unpaired) electrons. The third-order valence-electron chi connectivity index (χ3n) is 20.1. The van der Waals surface area contributed by atoms with E-state index in [1.165, 1.54) is 54.2 Å². The van der Waals surface area contributed by atoms with Crippen molar-refractivity contribution in [3.63, 3.8) is 0 Å². The summed E-state index contributed by atoms with van der Waals surface area (Å²) < 4.78 is 18.6. The Balaban J connectivity index is 0.000000353. The van der Waals surface area contributed by atoms with Gasteiger partial charge in [-0.1, -0.05) is 166 Å². The summed E-state index contributed by atoms with van der Waals surface area (Å²) >= 11 is 21.0. The number of nitrogen functional groups attached to an aromatic ring is 1. The number of alkyl halides is 2. The zero-order valence-electron chi connectivity index (χ0n) is 82.8. The maximum Gasteiger partial charge on any atom is 0.337 e. The molecule has 0 fully saturated rings. The molecule has 30 nitrogen and oxygen atoms in total. The molecule has 2 atom stereocenters. The number of methoxy groups -OCH3 is 4. The fourth-order valence-corrected chi connectivity index (χ4v) is 16.3. The number of nitrogens with zero attached hydrogens (tertiary/aromatic N) is 13. The summed E-state index contributed by atoms with van der Waals surface area (Å²) in [6, 6.07) is 43.7. The van der Waals surface area contributed by atoms with Crippen LogP contribution in [-0.2, 0) is 38.2 Å². The minimum Gasteiger partial charge on any atom is -0.465 e. The molecule has 5 aromatic carbocycles. The third kappa shape index (κ3) is 38.2. The van der Waals surface area contributed by atoms with Crippen molar-refractivity contribution in [2.24, 2.45) is 11.5 Å². The fraction of sp³-hybridized carbons (Fsp3) is 0.259. The van der Waals surface area contributed by atoms with Gasteiger partial charge < -0.3 is 51.7 Å². The van der Waals surface area contributed by atoms with Crippen LogP contribution in [0.2, 0.25) is 0 Å². The van der Waals surface area contributed by atoms with E-state index in [4.69, 9.17) is 41.9 Å². The Hall–Kier alpha value is -14.0. The van der Waals surface area contributed by atoms with Crippen LogP contribution in [0.4, 0.5) is 11.4 Å². The van der Waals surface area contributed by atoms with E-state index in [0.29, 0.717) is 50.3 Å². The number of pyridine rings is 2. The molecule has 0 bridgehead atoms. The van der Waals surface area contributed by atoms with Gasteiger partial charge in [-0.3, -0.25) is 74.2 Å². The van der Waals surface area contributed by atoms with Crippen molar-refractivity contribution in [3.8, 4) is 65.4 Å². The van der Waals surface area contributed by atoms with Crippen LogP contribution < -0.4 is 22.5 Å². The second-order valence-corrected chi connectivity index (χ2v) is 36.8. The van der Waals surface area contributed by atoms with E-state index in [-0.39, 0.29) is 63.9 Å². The summed E-state index contributed by atoms with van der Waals surface area (Å²) in [5.41, 5.74) is 39.0. The molecule has 10 heterocycles. The molecule has 0 aliphatic rings. The van der Waals surface area contributed by atoms with E-state index in [0.717, 1.165) is 157 Å². The second-order valence-electron chi connectivity index (χ2n) is 30.3. The quantitative estimate of drug-likeness (QED) is 0.0114. The van der Waals surface area contributed by atoms with Gasteiger partial charge in [0.15, 0.2) is 11.6 Å². The summed E-state index contributed by atoms with van der Waals surface area (Å²) in [5.74, 6) is -1.55. The number of rotatable bonds is 23. The van der Waals surface area contributed by atoms with Crippen molar-refractivity contribution in [3.05, 3.63) is 336 Å². The molecule has 0 aliphatic carbocycles. The second kappa shape index (κ2) is 63.9. The van der Waals surface area contributed by atoms with Gasteiger partial charge in [0.25, 0.3) is 5.91 Å². The minimum atomic E-state index is -0.398. The van der Waals surface area contributed by atoms with E-state index in [1.54, 1.807) is 181 Å². The topological polar surface area (TPSA) is 455 Å². The molecule has 10 aromatic heterocycles. The van der Waals surface area contributed by atoms with Gasteiger partial charge in [0.2, 0.25) is 0 Å². The van der Waals surface area contributed by atoms with E-state index in [1.807, 2.05) is 136 Å². The molecule has 0 spiro atoms. The van der Waals surface area contributed by atoms with Crippen LogP contribution in [0, 0.1) is 55.4 Å². The summed E-state index contributed by atoms with van der Waals surface area (Å²) in [6.45, 7) is 25.6. The van der Waals surface area contributed by atoms with Crippen LogP contribution >= 0.6 is 90.3 Å². The first-order valence-electron chi connectivity index (χ1n) is 44.4. The molecule has 37 heteroatoms. The number of thiocarbonyl (C=S) groups is 2. The number of ether oxygens (including phenoxy) is 4. The lowest BCUT2D eigenvalue weighted by Crippen LogP contribution is -2.13.